The van der Waals surface area contributed by atoms with Gasteiger partial charge in [-0.15, -0.1) is 11.3 Å². The first-order valence-corrected chi connectivity index (χ1v) is 13.3. The first kappa shape index (κ1) is 28.9. The van der Waals surface area contributed by atoms with Gasteiger partial charge < -0.3 is 10.0 Å². The van der Waals surface area contributed by atoms with E-state index in [0.29, 0.717) is 23.5 Å². The number of alkyl halides is 1. The number of aromatic nitrogens is 1. The summed E-state index contributed by atoms with van der Waals surface area (Å²) in [5.41, 5.74) is 1.09. The number of halogens is 3. The van der Waals surface area contributed by atoms with Gasteiger partial charge in [-0.25, -0.2) is 13.8 Å². The number of carbonyl (C=O) groups excluding carboxylic acids is 1. The van der Waals surface area contributed by atoms with Crippen LogP contribution in [0.25, 0.3) is 10.6 Å². The van der Waals surface area contributed by atoms with E-state index in [1.807, 2.05) is 51.1 Å². The molecule has 37 heavy (non-hydrogen) atoms. The zero-order valence-electron chi connectivity index (χ0n) is 22.0. The normalized spacial score (nSPS) is 14.3. The molecule has 3 aromatic rings. The van der Waals surface area contributed by atoms with Crippen molar-refractivity contribution in [1.82, 2.24) is 9.88 Å². The minimum absolute atomic E-state index is 0.0534. The number of carbonyl (C=O) groups is 1. The minimum atomic E-state index is -1.26. The van der Waals surface area contributed by atoms with Gasteiger partial charge in [-0.2, -0.15) is 0 Å². The number of thiazole rings is 1. The highest BCUT2D eigenvalue weighted by molar-refractivity contribution is 7.15. The van der Waals surface area contributed by atoms with Crippen LogP contribution in [0.15, 0.2) is 48.5 Å². The van der Waals surface area contributed by atoms with Crippen molar-refractivity contribution in [2.24, 2.45) is 11.3 Å². The molecule has 2 aromatic carbocycles. The third-order valence-corrected chi connectivity index (χ3v) is 7.36. The number of amides is 1. The highest BCUT2D eigenvalue weighted by atomic mass is 32.1. The first-order chi connectivity index (χ1) is 17.4. The third kappa shape index (κ3) is 7.20. The lowest BCUT2D eigenvalue weighted by Crippen LogP contribution is -2.46. The van der Waals surface area contributed by atoms with E-state index in [2.05, 4.69) is 0 Å². The van der Waals surface area contributed by atoms with Crippen molar-refractivity contribution in [3.8, 4) is 10.6 Å². The van der Waals surface area contributed by atoms with Gasteiger partial charge in [0.15, 0.2) is 0 Å². The summed E-state index contributed by atoms with van der Waals surface area (Å²) in [6, 6.07) is 12.4. The highest BCUT2D eigenvalue weighted by Crippen LogP contribution is 2.44. The lowest BCUT2D eigenvalue weighted by Gasteiger charge is -2.41. The van der Waals surface area contributed by atoms with Crippen LogP contribution in [0.4, 0.5) is 13.2 Å². The molecule has 200 valence electrons. The van der Waals surface area contributed by atoms with Crippen LogP contribution in [0.1, 0.15) is 63.2 Å². The highest BCUT2D eigenvalue weighted by Gasteiger charge is 2.39. The molecule has 0 saturated heterocycles. The summed E-state index contributed by atoms with van der Waals surface area (Å²) in [6.45, 7) is 8.78. The molecule has 0 aliphatic carbocycles. The number of benzene rings is 2. The van der Waals surface area contributed by atoms with Gasteiger partial charge in [0.1, 0.15) is 22.7 Å². The number of rotatable bonds is 10. The molecule has 1 N–H and O–H groups in total. The van der Waals surface area contributed by atoms with Crippen molar-refractivity contribution >= 4 is 17.2 Å². The molecule has 0 spiro atoms. The molecule has 0 aliphatic heterocycles. The average Bonchev–Trinajstić information content (AvgIpc) is 3.24. The van der Waals surface area contributed by atoms with Crippen LogP contribution in [0.2, 0.25) is 0 Å². The van der Waals surface area contributed by atoms with E-state index in [1.54, 1.807) is 11.8 Å². The number of aliphatic hydroxyl groups excluding tert-OH is 1. The molecule has 0 saturated carbocycles. The molecular formula is C29H35F3N2O2S. The van der Waals surface area contributed by atoms with Gasteiger partial charge in [-0.05, 0) is 48.4 Å². The Kier molecular flexibility index (Phi) is 9.53. The molecule has 0 aliphatic rings. The van der Waals surface area contributed by atoms with E-state index in [-0.39, 0.29) is 18.0 Å². The van der Waals surface area contributed by atoms with Gasteiger partial charge in [-0.3, -0.25) is 9.18 Å². The Balaban J connectivity index is 2.21. The van der Waals surface area contributed by atoms with Crippen molar-refractivity contribution in [1.29, 1.82) is 0 Å². The molecule has 1 heterocycles. The Morgan fingerprint density at radius 1 is 1.11 bits per heavy atom. The Hall–Kier alpha value is -2.71. The smallest absolute Gasteiger partial charge is 0.251 e. The molecule has 1 amide bonds. The fourth-order valence-electron chi connectivity index (χ4n) is 4.33. The number of hydrogen-bond donors (Lipinski definition) is 1. The number of nitrogens with zero attached hydrogens (tertiary/aromatic N) is 2. The molecule has 3 atom stereocenters. The fraction of sp³-hybridized carbons (Fsp3) is 0.448. The Morgan fingerprint density at radius 3 is 2.38 bits per heavy atom. The van der Waals surface area contributed by atoms with Crippen LogP contribution in [0.3, 0.4) is 0 Å². The van der Waals surface area contributed by atoms with Crippen molar-refractivity contribution < 1.29 is 23.1 Å². The summed E-state index contributed by atoms with van der Waals surface area (Å²) in [5.74, 6) is -1.91. The maximum atomic E-state index is 14.8. The molecule has 0 fully saturated rings. The van der Waals surface area contributed by atoms with E-state index in [1.165, 1.54) is 18.3 Å². The molecule has 1 aromatic heterocycles. The number of hydrogen-bond acceptors (Lipinski definition) is 4. The molecule has 0 radical (unpaired) electrons. The van der Waals surface area contributed by atoms with E-state index in [0.717, 1.165) is 28.6 Å². The summed E-state index contributed by atoms with van der Waals surface area (Å²) in [5, 5.41) is 10.6. The summed E-state index contributed by atoms with van der Waals surface area (Å²) in [4.78, 5) is 20.5. The second-order valence-corrected chi connectivity index (χ2v) is 11.7. The standard InChI is InChI=1S/C29H35F3N2O2S/c1-18(17-30)13-14-34(28(36)19(2)35)26(29(3,4)5)25-24(15-20-9-7-6-8-10-20)37-27(33-25)22-16-21(31)11-12-23(22)32/h6-12,16,18-19,26,35H,13-15,17H2,1-5H3/t18-,19-,26-/m0/s1. The number of aliphatic hydroxyl groups is 1. The summed E-state index contributed by atoms with van der Waals surface area (Å²) in [7, 11) is 0. The lowest BCUT2D eigenvalue weighted by atomic mass is 9.82. The largest absolute Gasteiger partial charge is 0.384 e. The van der Waals surface area contributed by atoms with Crippen LogP contribution in [-0.4, -0.2) is 40.2 Å². The summed E-state index contributed by atoms with van der Waals surface area (Å²) < 4.78 is 42.1. The van der Waals surface area contributed by atoms with Crippen LogP contribution in [-0.2, 0) is 11.2 Å². The topological polar surface area (TPSA) is 53.4 Å². The van der Waals surface area contributed by atoms with Crippen LogP contribution in [0, 0.1) is 23.0 Å². The van der Waals surface area contributed by atoms with Crippen LogP contribution in [0.5, 0.6) is 0 Å². The molecule has 4 nitrogen and oxygen atoms in total. The zero-order valence-corrected chi connectivity index (χ0v) is 22.8. The average molecular weight is 533 g/mol. The first-order valence-electron chi connectivity index (χ1n) is 12.5. The van der Waals surface area contributed by atoms with Gasteiger partial charge in [0.05, 0.1) is 18.4 Å². The van der Waals surface area contributed by atoms with Gasteiger partial charge in [0, 0.05) is 23.4 Å². The predicted octanol–water partition coefficient (Wildman–Crippen LogP) is 6.97. The van der Waals surface area contributed by atoms with E-state index >= 15 is 0 Å². The summed E-state index contributed by atoms with van der Waals surface area (Å²) in [6.07, 6.45) is -0.373. The maximum absolute atomic E-state index is 14.8. The fourth-order valence-corrected chi connectivity index (χ4v) is 5.47. The maximum Gasteiger partial charge on any atom is 0.251 e. The zero-order chi connectivity index (χ0) is 27.3. The SMILES string of the molecule is C[C@H](CF)CCN(C(=O)[C@H](C)O)[C@@H](c1nc(-c2cc(F)ccc2F)sc1Cc1ccccc1)C(C)(C)C. The van der Waals surface area contributed by atoms with Gasteiger partial charge >= 0.3 is 0 Å². The second-order valence-electron chi connectivity index (χ2n) is 10.6. The third-order valence-electron chi connectivity index (χ3n) is 6.25. The van der Waals surface area contributed by atoms with Crippen molar-refractivity contribution in [3.05, 3.63) is 76.3 Å². The molecular weight excluding hydrogens is 497 g/mol. The molecule has 0 bridgehead atoms. The molecule has 8 heteroatoms. The quantitative estimate of drug-likeness (QED) is 0.307. The van der Waals surface area contributed by atoms with E-state index < -0.39 is 41.8 Å². The van der Waals surface area contributed by atoms with Crippen LogP contribution >= 0.6 is 11.3 Å². The van der Waals surface area contributed by atoms with Gasteiger partial charge in [-0.1, -0.05) is 58.0 Å². The van der Waals surface area contributed by atoms with Crippen molar-refractivity contribution in [3.63, 3.8) is 0 Å². The van der Waals surface area contributed by atoms with Gasteiger partial charge in [0.2, 0.25) is 0 Å². The van der Waals surface area contributed by atoms with Crippen molar-refractivity contribution in [2.75, 3.05) is 13.2 Å². The van der Waals surface area contributed by atoms with Crippen LogP contribution < -0.4 is 0 Å². The lowest BCUT2D eigenvalue weighted by molar-refractivity contribution is -0.145. The van der Waals surface area contributed by atoms with E-state index in [9.17, 15) is 23.1 Å². The summed E-state index contributed by atoms with van der Waals surface area (Å²) >= 11 is 1.26. The van der Waals surface area contributed by atoms with Gasteiger partial charge in [0.25, 0.3) is 5.91 Å². The molecule has 0 unspecified atom stereocenters. The Morgan fingerprint density at radius 2 is 1.78 bits per heavy atom. The Labute approximate surface area is 221 Å². The van der Waals surface area contributed by atoms with E-state index in [4.69, 9.17) is 4.98 Å². The predicted molar refractivity (Wildman–Crippen MR) is 142 cm³/mol. The van der Waals surface area contributed by atoms with Crippen molar-refractivity contribution in [2.45, 2.75) is 59.6 Å². The Bertz CT molecular complexity index is 1190. The minimum Gasteiger partial charge on any atom is -0.384 e. The monoisotopic (exact) mass is 532 g/mol. The second kappa shape index (κ2) is 12.2. The molecule has 3 rings (SSSR count).